The molecule has 1 aliphatic heterocycles. The predicted octanol–water partition coefficient (Wildman–Crippen LogP) is 3.32. The number of rotatable bonds is 5. The summed E-state index contributed by atoms with van der Waals surface area (Å²) in [5.74, 6) is -2.93. The summed E-state index contributed by atoms with van der Waals surface area (Å²) in [5, 5.41) is 9.12. The van der Waals surface area contributed by atoms with Gasteiger partial charge in [-0.1, -0.05) is 17.7 Å². The molecule has 7 nitrogen and oxygen atoms in total. The van der Waals surface area contributed by atoms with Crippen LogP contribution in [-0.2, 0) is 6.54 Å². The van der Waals surface area contributed by atoms with Crippen molar-refractivity contribution in [1.82, 2.24) is 9.55 Å². The Morgan fingerprint density at radius 3 is 2.47 bits per heavy atom. The Balaban J connectivity index is 1.74. The highest BCUT2D eigenvalue weighted by atomic mass is 35.5. The minimum Gasteiger partial charge on any atom is -0.477 e. The number of carbonyl (C=O) groups is 1. The molecule has 32 heavy (non-hydrogen) atoms. The van der Waals surface area contributed by atoms with E-state index in [9.17, 15) is 23.5 Å². The predicted molar refractivity (Wildman–Crippen MR) is 115 cm³/mol. The number of piperazine rings is 1. The van der Waals surface area contributed by atoms with E-state index in [0.29, 0.717) is 24.1 Å². The van der Waals surface area contributed by atoms with Crippen LogP contribution in [0, 0.1) is 11.6 Å². The second-order valence-electron chi connectivity index (χ2n) is 7.27. The van der Waals surface area contributed by atoms with Gasteiger partial charge in [-0.15, -0.1) is 0 Å². The molecule has 0 aliphatic carbocycles. The van der Waals surface area contributed by atoms with Crippen molar-refractivity contribution in [1.29, 1.82) is 0 Å². The number of aromatic carboxylic acids is 1. The molecule has 1 aliphatic rings. The van der Waals surface area contributed by atoms with Gasteiger partial charge in [-0.05, 0) is 18.2 Å². The average Bonchev–Trinajstić information content (AvgIpc) is 2.76. The molecule has 0 bridgehead atoms. The molecule has 0 radical (unpaired) electrons. The van der Waals surface area contributed by atoms with Gasteiger partial charge in [0.05, 0.1) is 17.4 Å². The van der Waals surface area contributed by atoms with E-state index in [1.54, 1.807) is 18.2 Å². The zero-order valence-electron chi connectivity index (χ0n) is 16.7. The lowest BCUT2D eigenvalue weighted by Crippen LogP contribution is -2.47. The van der Waals surface area contributed by atoms with Crippen LogP contribution in [0.2, 0.25) is 5.15 Å². The van der Waals surface area contributed by atoms with E-state index in [4.69, 9.17) is 11.6 Å². The number of alkyl halides is 1. The van der Waals surface area contributed by atoms with Crippen molar-refractivity contribution in [3.05, 3.63) is 63.0 Å². The molecule has 0 amide bonds. The highest BCUT2D eigenvalue weighted by Crippen LogP contribution is 2.31. The molecule has 3 heterocycles. The van der Waals surface area contributed by atoms with Gasteiger partial charge in [0, 0.05) is 32.4 Å². The van der Waals surface area contributed by atoms with Crippen LogP contribution in [0.1, 0.15) is 10.4 Å². The molecule has 1 N–H and O–H groups in total. The van der Waals surface area contributed by atoms with Gasteiger partial charge in [0.1, 0.15) is 34.7 Å². The first-order chi connectivity index (χ1) is 15.3. The maximum atomic E-state index is 15.5. The Kier molecular flexibility index (Phi) is 5.96. The molecule has 0 atom stereocenters. The van der Waals surface area contributed by atoms with Crippen molar-refractivity contribution in [2.75, 3.05) is 42.7 Å². The Morgan fingerprint density at radius 1 is 1.16 bits per heavy atom. The monoisotopic (exact) mass is 466 g/mol. The van der Waals surface area contributed by atoms with Crippen molar-refractivity contribution in [3.8, 4) is 0 Å². The minimum atomic E-state index is -1.56. The molecular weight excluding hydrogens is 449 g/mol. The Hall–Kier alpha value is -3.27. The molecule has 4 rings (SSSR count). The molecule has 0 saturated carbocycles. The second-order valence-corrected chi connectivity index (χ2v) is 7.66. The SMILES string of the molecule is O=C(O)c1cn(CCF)c2c(F)c(N3CCN(c4cccc(Cl)n4)CC3)c(F)cc2c1=O. The highest BCUT2D eigenvalue weighted by Gasteiger charge is 2.27. The number of carboxylic acids is 1. The van der Waals surface area contributed by atoms with Crippen molar-refractivity contribution >= 4 is 40.0 Å². The summed E-state index contributed by atoms with van der Waals surface area (Å²) in [7, 11) is 0. The molecule has 1 fully saturated rings. The van der Waals surface area contributed by atoms with Crippen LogP contribution in [0.5, 0.6) is 0 Å². The first-order valence-electron chi connectivity index (χ1n) is 9.78. The maximum Gasteiger partial charge on any atom is 0.341 e. The van der Waals surface area contributed by atoms with Crippen LogP contribution in [0.4, 0.5) is 24.7 Å². The van der Waals surface area contributed by atoms with E-state index in [1.165, 1.54) is 4.90 Å². The number of benzene rings is 1. The van der Waals surface area contributed by atoms with Gasteiger partial charge in [-0.25, -0.2) is 22.9 Å². The molecule has 0 spiro atoms. The fraction of sp³-hybridized carbons (Fsp3) is 0.286. The lowest BCUT2D eigenvalue weighted by molar-refractivity contribution is 0.0694. The molecule has 3 aromatic rings. The van der Waals surface area contributed by atoms with Gasteiger partial charge in [-0.3, -0.25) is 4.79 Å². The number of hydrogen-bond acceptors (Lipinski definition) is 5. The standard InChI is InChI=1S/C21H18ClF3N4O3/c22-15-2-1-3-16(26-15)27-6-8-28(9-7-27)19-14(24)10-12-18(17(19)25)29(5-4-23)11-13(20(12)30)21(31)32/h1-3,10-11H,4-9H2,(H,31,32). The zero-order valence-corrected chi connectivity index (χ0v) is 17.4. The highest BCUT2D eigenvalue weighted by molar-refractivity contribution is 6.29. The summed E-state index contributed by atoms with van der Waals surface area (Å²) < 4.78 is 44.6. The molecule has 2 aromatic heterocycles. The quantitative estimate of drug-likeness (QED) is 0.581. The number of aromatic nitrogens is 2. The van der Waals surface area contributed by atoms with Gasteiger partial charge in [-0.2, -0.15) is 0 Å². The Bertz CT molecular complexity index is 1260. The topological polar surface area (TPSA) is 78.7 Å². The fourth-order valence-corrected chi connectivity index (χ4v) is 4.08. The number of carboxylic acid groups (broad SMARTS) is 1. The molecule has 0 unspecified atom stereocenters. The fourth-order valence-electron chi connectivity index (χ4n) is 3.92. The van der Waals surface area contributed by atoms with E-state index < -0.39 is 40.7 Å². The van der Waals surface area contributed by atoms with E-state index in [2.05, 4.69) is 4.98 Å². The van der Waals surface area contributed by atoms with Crippen LogP contribution in [0.25, 0.3) is 10.9 Å². The van der Waals surface area contributed by atoms with Gasteiger partial charge in [0.25, 0.3) is 0 Å². The summed E-state index contributed by atoms with van der Waals surface area (Å²) in [5.41, 5.74) is -2.37. The summed E-state index contributed by atoms with van der Waals surface area (Å²) >= 11 is 5.93. The summed E-state index contributed by atoms with van der Waals surface area (Å²) in [6.07, 6.45) is 0.889. The van der Waals surface area contributed by atoms with E-state index in [1.807, 2.05) is 4.90 Å². The third kappa shape index (κ3) is 3.86. The molecule has 1 saturated heterocycles. The number of hydrogen-bond donors (Lipinski definition) is 1. The smallest absolute Gasteiger partial charge is 0.341 e. The minimum absolute atomic E-state index is 0.258. The zero-order chi connectivity index (χ0) is 23.0. The van der Waals surface area contributed by atoms with E-state index in [-0.39, 0.29) is 30.8 Å². The van der Waals surface area contributed by atoms with Crippen LogP contribution in [0.15, 0.2) is 35.3 Å². The summed E-state index contributed by atoms with van der Waals surface area (Å²) in [6, 6.07) is 6.01. The van der Waals surface area contributed by atoms with Crippen molar-refractivity contribution in [3.63, 3.8) is 0 Å². The third-order valence-electron chi connectivity index (χ3n) is 5.41. The van der Waals surface area contributed by atoms with Crippen LogP contribution < -0.4 is 15.2 Å². The number of pyridine rings is 2. The number of fused-ring (bicyclic) bond motifs is 1. The van der Waals surface area contributed by atoms with Gasteiger partial charge in [0.15, 0.2) is 5.82 Å². The van der Waals surface area contributed by atoms with Crippen LogP contribution >= 0.6 is 11.6 Å². The summed E-state index contributed by atoms with van der Waals surface area (Å²) in [4.78, 5) is 31.5. The van der Waals surface area contributed by atoms with Crippen molar-refractivity contribution < 1.29 is 23.1 Å². The molecule has 1 aromatic carbocycles. The van der Waals surface area contributed by atoms with Crippen molar-refractivity contribution in [2.24, 2.45) is 0 Å². The van der Waals surface area contributed by atoms with Gasteiger partial charge in [0.2, 0.25) is 5.43 Å². The molecule has 168 valence electrons. The molecular formula is C21H18ClF3N4O3. The van der Waals surface area contributed by atoms with Crippen LogP contribution in [-0.4, -0.2) is 53.5 Å². The second kappa shape index (κ2) is 8.70. The van der Waals surface area contributed by atoms with E-state index >= 15 is 4.39 Å². The number of anilines is 2. The number of aryl methyl sites for hydroxylation is 1. The van der Waals surface area contributed by atoms with Crippen molar-refractivity contribution in [2.45, 2.75) is 6.54 Å². The average molecular weight is 467 g/mol. The van der Waals surface area contributed by atoms with Gasteiger partial charge >= 0.3 is 5.97 Å². The lowest BCUT2D eigenvalue weighted by atomic mass is 10.1. The Morgan fingerprint density at radius 2 is 1.84 bits per heavy atom. The largest absolute Gasteiger partial charge is 0.477 e. The number of nitrogens with zero attached hydrogens (tertiary/aromatic N) is 4. The number of halogens is 4. The normalized spacial score (nSPS) is 14.2. The molecule has 11 heteroatoms. The first kappa shape index (κ1) is 21.9. The lowest BCUT2D eigenvalue weighted by Gasteiger charge is -2.37. The van der Waals surface area contributed by atoms with E-state index in [0.717, 1.165) is 16.8 Å². The Labute approximate surface area is 185 Å². The van der Waals surface area contributed by atoms with Gasteiger partial charge < -0.3 is 19.5 Å². The summed E-state index contributed by atoms with van der Waals surface area (Å²) in [6.45, 7) is 0.0446. The first-order valence-corrected chi connectivity index (χ1v) is 10.2. The van der Waals surface area contributed by atoms with Crippen LogP contribution in [0.3, 0.4) is 0 Å². The maximum absolute atomic E-state index is 15.5. The third-order valence-corrected chi connectivity index (χ3v) is 5.62.